The molecule has 2 N–H and O–H groups in total. The van der Waals surface area contributed by atoms with Gasteiger partial charge in [-0.15, -0.1) is 0 Å². The first-order valence-electron chi connectivity index (χ1n) is 5.45. The number of amides is 1. The zero-order valence-electron chi connectivity index (χ0n) is 9.03. The molecule has 0 saturated carbocycles. The zero-order chi connectivity index (χ0) is 11.5. The standard InChI is InChI=1S/C12H15FN2O/c13-11-3-1-10(2-4-11)12(16)15-7-9(8-15)5-6-14/h1-4,9H,5-8,14H2. The minimum Gasteiger partial charge on any atom is -0.338 e. The molecule has 0 bridgehead atoms. The molecule has 16 heavy (non-hydrogen) atoms. The number of benzene rings is 1. The van der Waals surface area contributed by atoms with Gasteiger partial charge in [0.15, 0.2) is 0 Å². The lowest BCUT2D eigenvalue weighted by Crippen LogP contribution is -2.50. The second kappa shape index (κ2) is 4.61. The summed E-state index contributed by atoms with van der Waals surface area (Å²) in [6, 6.07) is 5.66. The van der Waals surface area contributed by atoms with E-state index in [4.69, 9.17) is 5.73 Å². The minimum atomic E-state index is -0.318. The predicted molar refractivity (Wildman–Crippen MR) is 59.5 cm³/mol. The fourth-order valence-corrected chi connectivity index (χ4v) is 1.93. The largest absolute Gasteiger partial charge is 0.338 e. The molecule has 0 atom stereocenters. The lowest BCUT2D eigenvalue weighted by molar-refractivity contribution is 0.0490. The van der Waals surface area contributed by atoms with Crippen LogP contribution in [0.3, 0.4) is 0 Å². The highest BCUT2D eigenvalue weighted by atomic mass is 19.1. The van der Waals surface area contributed by atoms with Crippen molar-refractivity contribution in [1.82, 2.24) is 4.90 Å². The molecule has 1 saturated heterocycles. The third-order valence-corrected chi connectivity index (χ3v) is 2.91. The van der Waals surface area contributed by atoms with Gasteiger partial charge < -0.3 is 10.6 Å². The maximum atomic E-state index is 12.7. The van der Waals surface area contributed by atoms with Crippen molar-refractivity contribution in [2.24, 2.45) is 11.7 Å². The highest BCUT2D eigenvalue weighted by Gasteiger charge is 2.30. The van der Waals surface area contributed by atoms with E-state index in [1.54, 1.807) is 4.90 Å². The van der Waals surface area contributed by atoms with E-state index in [1.807, 2.05) is 0 Å². The van der Waals surface area contributed by atoms with Gasteiger partial charge in [0.1, 0.15) is 5.82 Å². The van der Waals surface area contributed by atoms with Crippen molar-refractivity contribution >= 4 is 5.91 Å². The van der Waals surface area contributed by atoms with Crippen LogP contribution in [-0.4, -0.2) is 30.4 Å². The molecule has 0 aromatic heterocycles. The SMILES string of the molecule is NCCC1CN(C(=O)c2ccc(F)cc2)C1. The van der Waals surface area contributed by atoms with Crippen molar-refractivity contribution in [3.63, 3.8) is 0 Å². The first kappa shape index (κ1) is 11.1. The Morgan fingerprint density at radius 3 is 2.56 bits per heavy atom. The average Bonchev–Trinajstić information content (AvgIpc) is 2.23. The molecule has 2 rings (SSSR count). The van der Waals surface area contributed by atoms with E-state index in [2.05, 4.69) is 0 Å². The van der Waals surface area contributed by atoms with Gasteiger partial charge in [-0.3, -0.25) is 4.79 Å². The third kappa shape index (κ3) is 2.22. The molecule has 0 spiro atoms. The molecule has 1 aromatic rings. The van der Waals surface area contributed by atoms with Gasteiger partial charge in [-0.1, -0.05) is 0 Å². The van der Waals surface area contributed by atoms with Crippen LogP contribution in [0.4, 0.5) is 4.39 Å². The highest BCUT2D eigenvalue weighted by Crippen LogP contribution is 2.20. The Bertz CT molecular complexity index is 371. The molecule has 1 aromatic carbocycles. The maximum absolute atomic E-state index is 12.7. The van der Waals surface area contributed by atoms with E-state index < -0.39 is 0 Å². The molecule has 0 unspecified atom stereocenters. The van der Waals surface area contributed by atoms with E-state index in [0.29, 0.717) is 18.0 Å². The van der Waals surface area contributed by atoms with Gasteiger partial charge in [-0.05, 0) is 43.1 Å². The minimum absolute atomic E-state index is 0.0201. The number of hydrogen-bond donors (Lipinski definition) is 1. The molecule has 1 aliphatic rings. The van der Waals surface area contributed by atoms with Gasteiger partial charge in [0.05, 0.1) is 0 Å². The van der Waals surface area contributed by atoms with Crippen LogP contribution in [-0.2, 0) is 0 Å². The normalized spacial score (nSPS) is 16.0. The molecule has 1 amide bonds. The lowest BCUT2D eigenvalue weighted by atomic mass is 9.95. The molecule has 0 radical (unpaired) electrons. The predicted octanol–water partition coefficient (Wildman–Crippen LogP) is 1.25. The molecule has 1 aliphatic heterocycles. The summed E-state index contributed by atoms with van der Waals surface area (Å²) in [6.45, 7) is 2.21. The van der Waals surface area contributed by atoms with Crippen LogP contribution in [0, 0.1) is 11.7 Å². The molecule has 3 nitrogen and oxygen atoms in total. The Labute approximate surface area is 94.0 Å². The molecular weight excluding hydrogens is 207 g/mol. The number of rotatable bonds is 3. The second-order valence-electron chi connectivity index (χ2n) is 4.16. The van der Waals surface area contributed by atoms with Crippen LogP contribution in [0.2, 0.25) is 0 Å². The molecule has 86 valence electrons. The number of carbonyl (C=O) groups is 1. The Kier molecular flexibility index (Phi) is 3.19. The molecule has 1 heterocycles. The van der Waals surface area contributed by atoms with Crippen molar-refractivity contribution in [3.05, 3.63) is 35.6 Å². The molecule has 1 fully saturated rings. The van der Waals surface area contributed by atoms with Crippen LogP contribution < -0.4 is 5.73 Å². The molecular formula is C12H15FN2O. The van der Waals surface area contributed by atoms with Gasteiger partial charge in [-0.2, -0.15) is 0 Å². The maximum Gasteiger partial charge on any atom is 0.253 e. The summed E-state index contributed by atoms with van der Waals surface area (Å²) < 4.78 is 12.7. The third-order valence-electron chi connectivity index (χ3n) is 2.91. The first-order valence-corrected chi connectivity index (χ1v) is 5.45. The van der Waals surface area contributed by atoms with E-state index in [1.165, 1.54) is 24.3 Å². The van der Waals surface area contributed by atoms with Crippen LogP contribution in [0.15, 0.2) is 24.3 Å². The number of halogens is 1. The van der Waals surface area contributed by atoms with Gasteiger partial charge >= 0.3 is 0 Å². The zero-order valence-corrected chi connectivity index (χ0v) is 9.03. The lowest BCUT2D eigenvalue weighted by Gasteiger charge is -2.39. The van der Waals surface area contributed by atoms with Crippen LogP contribution in [0.5, 0.6) is 0 Å². The Morgan fingerprint density at radius 1 is 1.38 bits per heavy atom. The smallest absolute Gasteiger partial charge is 0.253 e. The summed E-state index contributed by atoms with van der Waals surface area (Å²) in [4.78, 5) is 13.6. The Balaban J connectivity index is 1.92. The quantitative estimate of drug-likeness (QED) is 0.836. The number of nitrogens with zero attached hydrogens (tertiary/aromatic N) is 1. The monoisotopic (exact) mass is 222 g/mol. The van der Waals surface area contributed by atoms with Crippen molar-refractivity contribution in [2.75, 3.05) is 19.6 Å². The summed E-state index contributed by atoms with van der Waals surface area (Å²) in [6.07, 6.45) is 0.965. The van der Waals surface area contributed by atoms with Crippen molar-refractivity contribution in [3.8, 4) is 0 Å². The fraction of sp³-hybridized carbons (Fsp3) is 0.417. The summed E-state index contributed by atoms with van der Waals surface area (Å²) in [5.41, 5.74) is 5.99. The highest BCUT2D eigenvalue weighted by molar-refractivity contribution is 5.94. The summed E-state index contributed by atoms with van der Waals surface area (Å²) in [5, 5.41) is 0. The Hall–Kier alpha value is -1.42. The van der Waals surface area contributed by atoms with Gasteiger partial charge in [-0.25, -0.2) is 4.39 Å². The van der Waals surface area contributed by atoms with E-state index >= 15 is 0 Å². The fourth-order valence-electron chi connectivity index (χ4n) is 1.93. The van der Waals surface area contributed by atoms with Crippen molar-refractivity contribution in [1.29, 1.82) is 0 Å². The van der Waals surface area contributed by atoms with Crippen LogP contribution in [0.25, 0.3) is 0 Å². The van der Waals surface area contributed by atoms with Gasteiger partial charge in [0.25, 0.3) is 5.91 Å². The second-order valence-corrected chi connectivity index (χ2v) is 4.16. The number of hydrogen-bond acceptors (Lipinski definition) is 2. The average molecular weight is 222 g/mol. The van der Waals surface area contributed by atoms with E-state index in [-0.39, 0.29) is 11.7 Å². The number of carbonyl (C=O) groups excluding carboxylic acids is 1. The van der Waals surface area contributed by atoms with Crippen LogP contribution >= 0.6 is 0 Å². The van der Waals surface area contributed by atoms with E-state index in [9.17, 15) is 9.18 Å². The summed E-state index contributed by atoms with van der Waals surface area (Å²) in [7, 11) is 0. The molecule has 0 aliphatic carbocycles. The van der Waals surface area contributed by atoms with Crippen LogP contribution in [0.1, 0.15) is 16.8 Å². The van der Waals surface area contributed by atoms with E-state index in [0.717, 1.165) is 19.5 Å². The van der Waals surface area contributed by atoms with Gasteiger partial charge in [0.2, 0.25) is 0 Å². The summed E-state index contributed by atoms with van der Waals surface area (Å²) in [5.74, 6) is 0.198. The van der Waals surface area contributed by atoms with Crippen molar-refractivity contribution in [2.45, 2.75) is 6.42 Å². The topological polar surface area (TPSA) is 46.3 Å². The molecule has 4 heteroatoms. The van der Waals surface area contributed by atoms with Gasteiger partial charge in [0, 0.05) is 18.7 Å². The van der Waals surface area contributed by atoms with Crippen molar-refractivity contribution < 1.29 is 9.18 Å². The number of nitrogens with two attached hydrogens (primary N) is 1. The number of likely N-dealkylation sites (tertiary alicyclic amines) is 1. The Morgan fingerprint density at radius 2 is 2.00 bits per heavy atom. The summed E-state index contributed by atoms with van der Waals surface area (Å²) >= 11 is 0. The first-order chi connectivity index (χ1) is 7.70.